The molecule has 1 aliphatic carbocycles. The molecule has 1 unspecified atom stereocenters. The first kappa shape index (κ1) is 39.6. The molecule has 0 aliphatic heterocycles. The second-order valence-electron chi connectivity index (χ2n) is 19.0. The number of para-hydroxylation sites is 2. The molecule has 11 aromatic carbocycles. The van der Waals surface area contributed by atoms with E-state index in [-0.39, 0.29) is 5.92 Å². The van der Waals surface area contributed by atoms with Gasteiger partial charge in [-0.05, 0) is 128 Å². The fraction of sp³-hybridized carbons (Fsp3) is 0.0152. The average molecular weight is 935 g/mol. The van der Waals surface area contributed by atoms with Crippen LogP contribution in [0, 0.1) is 0 Å². The Morgan fingerprint density at radius 3 is 1.89 bits per heavy atom. The lowest BCUT2D eigenvalue weighted by molar-refractivity contribution is 0.668. The van der Waals surface area contributed by atoms with Crippen LogP contribution in [-0.4, -0.2) is 19.5 Å². The van der Waals surface area contributed by atoms with Crippen molar-refractivity contribution in [2.24, 2.45) is 0 Å². The van der Waals surface area contributed by atoms with Crippen molar-refractivity contribution >= 4 is 96.8 Å². The molecule has 5 nitrogen and oxygen atoms in total. The first-order valence-corrected chi connectivity index (χ1v) is 25.3. The average Bonchev–Trinajstić information content (AvgIpc) is 4.19. The van der Waals surface area contributed by atoms with E-state index in [1.165, 1.54) is 58.6 Å². The summed E-state index contributed by atoms with van der Waals surface area (Å²) >= 11 is 1.80. The van der Waals surface area contributed by atoms with Gasteiger partial charge in [-0.2, -0.15) is 0 Å². The first-order chi connectivity index (χ1) is 35.7. The van der Waals surface area contributed by atoms with Crippen LogP contribution in [0.4, 0.5) is 0 Å². The van der Waals surface area contributed by atoms with E-state index in [4.69, 9.17) is 19.4 Å². The monoisotopic (exact) mass is 934 g/mol. The van der Waals surface area contributed by atoms with Crippen molar-refractivity contribution in [1.29, 1.82) is 0 Å². The minimum atomic E-state index is -0.135. The predicted molar refractivity (Wildman–Crippen MR) is 298 cm³/mol. The minimum absolute atomic E-state index is 0.135. The van der Waals surface area contributed by atoms with Crippen molar-refractivity contribution in [3.05, 3.63) is 241 Å². The van der Waals surface area contributed by atoms with Gasteiger partial charge in [0.1, 0.15) is 11.2 Å². The third-order valence-corrected chi connectivity index (χ3v) is 16.2. The molecule has 0 saturated carbocycles. The van der Waals surface area contributed by atoms with Gasteiger partial charge in [0.2, 0.25) is 0 Å². The number of furan rings is 1. The molecule has 15 aromatic rings. The third kappa shape index (κ3) is 5.84. The van der Waals surface area contributed by atoms with E-state index in [1.807, 2.05) is 0 Å². The summed E-state index contributed by atoms with van der Waals surface area (Å²) in [7, 11) is 0. The summed E-state index contributed by atoms with van der Waals surface area (Å²) in [4.78, 5) is 16.7. The Labute approximate surface area is 416 Å². The zero-order chi connectivity index (χ0) is 47.0. The van der Waals surface area contributed by atoms with Crippen LogP contribution in [-0.2, 0) is 0 Å². The molecule has 0 bridgehead atoms. The number of hydrogen-bond donors (Lipinski definition) is 0. The van der Waals surface area contributed by atoms with Gasteiger partial charge in [-0.3, -0.25) is 0 Å². The Hall–Kier alpha value is -9.23. The molecule has 0 saturated heterocycles. The van der Waals surface area contributed by atoms with Crippen LogP contribution >= 0.6 is 11.3 Å². The van der Waals surface area contributed by atoms with Crippen LogP contribution in [0.2, 0.25) is 0 Å². The number of rotatable bonds is 5. The van der Waals surface area contributed by atoms with Crippen molar-refractivity contribution in [2.45, 2.75) is 5.92 Å². The molecule has 334 valence electrons. The van der Waals surface area contributed by atoms with Crippen molar-refractivity contribution in [2.75, 3.05) is 0 Å². The molecular formula is C66H38N4OS. The van der Waals surface area contributed by atoms with Crippen LogP contribution in [0.1, 0.15) is 22.6 Å². The summed E-state index contributed by atoms with van der Waals surface area (Å²) in [6.45, 7) is 0. The number of hydrogen-bond acceptors (Lipinski definition) is 5. The Bertz CT molecular complexity index is 4770. The number of thiophene rings is 1. The van der Waals surface area contributed by atoms with Crippen molar-refractivity contribution < 1.29 is 4.42 Å². The highest BCUT2D eigenvalue weighted by Crippen LogP contribution is 2.52. The van der Waals surface area contributed by atoms with Gasteiger partial charge in [-0.15, -0.1) is 11.3 Å². The number of fused-ring (bicyclic) bond motifs is 15. The summed E-state index contributed by atoms with van der Waals surface area (Å²) < 4.78 is 11.7. The summed E-state index contributed by atoms with van der Waals surface area (Å²) in [5.41, 5.74) is 13.9. The SMILES string of the molecule is c1ccc(-n2c3ccccc3c3cc(-c4nc(-c5ccc6c(c5)sc5ccccc56)nc(-c5cc6c(cc5C5c7ccccc7-c7cc8ccccc8cc75)oc5ccc7ccccc7c56)n4)ccc32)cc1. The summed E-state index contributed by atoms with van der Waals surface area (Å²) in [5, 5.41) is 11.6. The van der Waals surface area contributed by atoms with Crippen molar-refractivity contribution in [1.82, 2.24) is 19.5 Å². The smallest absolute Gasteiger partial charge is 0.164 e. The Balaban J connectivity index is 0.997. The minimum Gasteiger partial charge on any atom is -0.456 e. The fourth-order valence-corrected chi connectivity index (χ4v) is 13.0. The Morgan fingerprint density at radius 1 is 0.361 bits per heavy atom. The largest absolute Gasteiger partial charge is 0.456 e. The van der Waals surface area contributed by atoms with Gasteiger partial charge in [-0.1, -0.05) is 146 Å². The van der Waals surface area contributed by atoms with E-state index < -0.39 is 0 Å². The van der Waals surface area contributed by atoms with E-state index in [2.05, 4.69) is 229 Å². The summed E-state index contributed by atoms with van der Waals surface area (Å²) in [6.07, 6.45) is 0. The molecule has 1 atom stereocenters. The van der Waals surface area contributed by atoms with Crippen LogP contribution in [0.3, 0.4) is 0 Å². The van der Waals surface area contributed by atoms with E-state index in [0.717, 1.165) is 77.1 Å². The summed E-state index contributed by atoms with van der Waals surface area (Å²) in [6, 6.07) is 80.9. The summed E-state index contributed by atoms with van der Waals surface area (Å²) in [5.74, 6) is 1.70. The molecule has 4 heterocycles. The molecule has 0 amide bonds. The Kier molecular flexibility index (Phi) is 8.32. The van der Waals surface area contributed by atoms with Crippen LogP contribution in [0.15, 0.2) is 229 Å². The molecular weight excluding hydrogens is 897 g/mol. The van der Waals surface area contributed by atoms with E-state index in [1.54, 1.807) is 11.3 Å². The van der Waals surface area contributed by atoms with Gasteiger partial charge in [0.25, 0.3) is 0 Å². The first-order valence-electron chi connectivity index (χ1n) is 24.4. The van der Waals surface area contributed by atoms with E-state index in [9.17, 15) is 0 Å². The lowest BCUT2D eigenvalue weighted by Gasteiger charge is -2.19. The highest BCUT2D eigenvalue weighted by molar-refractivity contribution is 7.25. The molecule has 72 heavy (non-hydrogen) atoms. The molecule has 0 N–H and O–H groups in total. The molecule has 0 radical (unpaired) electrons. The molecule has 16 rings (SSSR count). The topological polar surface area (TPSA) is 56.7 Å². The molecule has 1 aliphatic rings. The van der Waals surface area contributed by atoms with Gasteiger partial charge in [-0.25, -0.2) is 15.0 Å². The molecule has 0 fully saturated rings. The lowest BCUT2D eigenvalue weighted by Crippen LogP contribution is -2.06. The van der Waals surface area contributed by atoms with Crippen LogP contribution in [0.25, 0.3) is 136 Å². The third-order valence-electron chi connectivity index (χ3n) is 15.1. The second kappa shape index (κ2) is 15.1. The maximum Gasteiger partial charge on any atom is 0.164 e. The van der Waals surface area contributed by atoms with Crippen LogP contribution < -0.4 is 0 Å². The van der Waals surface area contributed by atoms with Crippen molar-refractivity contribution in [3.63, 3.8) is 0 Å². The quantitative estimate of drug-likeness (QED) is 0.173. The highest BCUT2D eigenvalue weighted by atomic mass is 32.1. The zero-order valence-corrected chi connectivity index (χ0v) is 39.4. The maximum atomic E-state index is 6.91. The standard InChI is InChI=1S/C66H38N4OS/c1-2-17-43(18-3-1)70-56-24-12-10-21-46(56)51-34-41(27-30-57(51)70)64-67-65(42-26-29-48-47-22-11-13-25-60(47)72-61(48)35-42)69-66(68-64)54-36-55-59(71-58-31-28-38-14-6-7-19-44(38)63(55)58)37-53(54)62-49-23-9-8-20-45(49)50-32-39-15-4-5-16-40(39)33-52(50)62/h1-37,62H. The number of aromatic nitrogens is 4. The molecule has 6 heteroatoms. The van der Waals surface area contributed by atoms with E-state index >= 15 is 0 Å². The van der Waals surface area contributed by atoms with Gasteiger partial charge in [0, 0.05) is 70.0 Å². The normalized spacial score (nSPS) is 13.4. The predicted octanol–water partition coefficient (Wildman–Crippen LogP) is 17.7. The van der Waals surface area contributed by atoms with Gasteiger partial charge < -0.3 is 8.98 Å². The number of nitrogens with zero attached hydrogens (tertiary/aromatic N) is 4. The molecule has 4 aromatic heterocycles. The fourth-order valence-electron chi connectivity index (χ4n) is 11.9. The van der Waals surface area contributed by atoms with Crippen LogP contribution in [0.5, 0.6) is 0 Å². The highest BCUT2D eigenvalue weighted by Gasteiger charge is 2.34. The zero-order valence-electron chi connectivity index (χ0n) is 38.5. The van der Waals surface area contributed by atoms with Gasteiger partial charge >= 0.3 is 0 Å². The lowest BCUT2D eigenvalue weighted by atomic mass is 9.84. The molecule has 0 spiro atoms. The van der Waals surface area contributed by atoms with Gasteiger partial charge in [0.15, 0.2) is 17.5 Å². The Morgan fingerprint density at radius 2 is 1.01 bits per heavy atom. The van der Waals surface area contributed by atoms with Crippen molar-refractivity contribution in [3.8, 4) is 51.0 Å². The number of benzene rings is 11. The van der Waals surface area contributed by atoms with E-state index in [0.29, 0.717) is 17.5 Å². The van der Waals surface area contributed by atoms with Gasteiger partial charge in [0.05, 0.1) is 11.0 Å². The second-order valence-corrected chi connectivity index (χ2v) is 20.1. The maximum absolute atomic E-state index is 6.91.